The van der Waals surface area contributed by atoms with Gasteiger partial charge in [-0.25, -0.2) is 0 Å². The largest absolute Gasteiger partial charge is 0.456 e. The third kappa shape index (κ3) is 3.34. The number of fused-ring (bicyclic) bond motifs is 11. The predicted molar refractivity (Wildman–Crippen MR) is 182 cm³/mol. The zero-order valence-corrected chi connectivity index (χ0v) is 24.0. The number of benzene rings is 5. The Balaban J connectivity index is 1.32. The molecule has 0 fully saturated rings. The van der Waals surface area contributed by atoms with Crippen molar-refractivity contribution in [2.24, 2.45) is 0 Å². The smallest absolute Gasteiger partial charge is 0.138 e. The Morgan fingerprint density at radius 3 is 1.70 bits per heavy atom. The average molecular weight is 584 g/mol. The van der Waals surface area contributed by atoms with E-state index in [4.69, 9.17) is 8.83 Å². The van der Waals surface area contributed by atoms with E-state index in [1.807, 2.05) is 35.9 Å². The number of rotatable bonds is 3. The summed E-state index contributed by atoms with van der Waals surface area (Å²) in [5, 5.41) is 9.06. The minimum Gasteiger partial charge on any atom is -0.456 e. The van der Waals surface area contributed by atoms with Gasteiger partial charge in [-0.3, -0.25) is 9.97 Å². The van der Waals surface area contributed by atoms with Crippen LogP contribution in [0.4, 0.5) is 17.1 Å². The quantitative estimate of drug-likeness (QED) is 0.207. The molecule has 0 amide bonds. The van der Waals surface area contributed by atoms with Gasteiger partial charge >= 0.3 is 0 Å². The van der Waals surface area contributed by atoms with Crippen molar-refractivity contribution >= 4 is 103 Å². The number of aromatic nitrogens is 2. The molecule has 5 aromatic heterocycles. The molecule has 0 aliphatic carbocycles. The van der Waals surface area contributed by atoms with E-state index in [2.05, 4.69) is 106 Å². The highest BCUT2D eigenvalue weighted by Crippen LogP contribution is 2.47. The molecule has 5 heterocycles. The van der Waals surface area contributed by atoms with Crippen LogP contribution in [0.25, 0.3) is 74.8 Å². The summed E-state index contributed by atoms with van der Waals surface area (Å²) in [6.45, 7) is 0. The summed E-state index contributed by atoms with van der Waals surface area (Å²) in [5.41, 5.74) is 6.49. The van der Waals surface area contributed by atoms with Gasteiger partial charge in [-0.1, -0.05) is 42.5 Å². The van der Waals surface area contributed by atoms with E-state index in [0.717, 1.165) is 60.9 Å². The van der Waals surface area contributed by atoms with Crippen LogP contribution in [-0.4, -0.2) is 9.97 Å². The molecule has 6 heteroatoms. The fourth-order valence-electron chi connectivity index (χ4n) is 6.68. The van der Waals surface area contributed by atoms with Gasteiger partial charge in [0.15, 0.2) is 0 Å². The second kappa shape index (κ2) is 8.89. The first-order chi connectivity index (χ1) is 21.8. The molecule has 0 atom stereocenters. The molecule has 0 saturated heterocycles. The zero-order chi connectivity index (χ0) is 28.8. The summed E-state index contributed by atoms with van der Waals surface area (Å²) < 4.78 is 14.9. The van der Waals surface area contributed by atoms with Crippen LogP contribution in [0.5, 0.6) is 0 Å². The van der Waals surface area contributed by atoms with Gasteiger partial charge in [-0.05, 0) is 66.0 Å². The summed E-state index contributed by atoms with van der Waals surface area (Å²) in [6.07, 6.45) is 7.29. The van der Waals surface area contributed by atoms with Crippen molar-refractivity contribution in [1.82, 2.24) is 9.97 Å². The predicted octanol–water partition coefficient (Wildman–Crippen LogP) is 11.3. The fraction of sp³-hybridized carbons (Fsp3) is 0. The molecule has 0 bridgehead atoms. The van der Waals surface area contributed by atoms with Crippen molar-refractivity contribution in [1.29, 1.82) is 0 Å². The number of hydrogen-bond acceptors (Lipinski definition) is 6. The Hall–Kier alpha value is -5.72. The van der Waals surface area contributed by atoms with Crippen molar-refractivity contribution in [3.63, 3.8) is 0 Å². The number of hydrogen-bond donors (Lipinski definition) is 0. The summed E-state index contributed by atoms with van der Waals surface area (Å²) in [7, 11) is 0. The minimum absolute atomic E-state index is 0.828. The minimum atomic E-state index is 0.828. The summed E-state index contributed by atoms with van der Waals surface area (Å²) >= 11 is 1.84. The third-order valence-corrected chi connectivity index (χ3v) is 9.75. The molecule has 44 heavy (non-hydrogen) atoms. The van der Waals surface area contributed by atoms with E-state index in [-0.39, 0.29) is 0 Å². The molecule has 0 spiro atoms. The van der Waals surface area contributed by atoms with Crippen LogP contribution in [0.15, 0.2) is 137 Å². The van der Waals surface area contributed by atoms with Crippen LogP contribution in [0.3, 0.4) is 0 Å². The molecule has 0 unspecified atom stereocenters. The lowest BCUT2D eigenvalue weighted by Gasteiger charge is -2.27. The highest BCUT2D eigenvalue weighted by atomic mass is 32.1. The van der Waals surface area contributed by atoms with Gasteiger partial charge in [0.1, 0.15) is 22.3 Å². The topological polar surface area (TPSA) is 55.3 Å². The van der Waals surface area contributed by atoms with Crippen LogP contribution in [0.2, 0.25) is 0 Å². The number of nitrogens with zero attached hydrogens (tertiary/aromatic N) is 3. The van der Waals surface area contributed by atoms with Gasteiger partial charge < -0.3 is 13.7 Å². The van der Waals surface area contributed by atoms with Gasteiger partial charge in [0, 0.05) is 83.3 Å². The summed E-state index contributed by atoms with van der Waals surface area (Å²) in [4.78, 5) is 11.1. The lowest BCUT2D eigenvalue weighted by Crippen LogP contribution is -2.10. The zero-order valence-electron chi connectivity index (χ0n) is 23.2. The third-order valence-electron chi connectivity index (χ3n) is 8.63. The molecule has 10 rings (SSSR count). The summed E-state index contributed by atoms with van der Waals surface area (Å²) in [5.74, 6) is 0. The van der Waals surface area contributed by atoms with Crippen LogP contribution >= 0.6 is 11.3 Å². The highest BCUT2D eigenvalue weighted by Gasteiger charge is 2.21. The van der Waals surface area contributed by atoms with E-state index in [1.165, 1.54) is 30.9 Å². The normalized spacial score (nSPS) is 12.1. The number of thiophene rings is 1. The van der Waals surface area contributed by atoms with E-state index in [1.54, 1.807) is 12.4 Å². The lowest BCUT2D eigenvalue weighted by atomic mass is 10.0. The number of pyridine rings is 2. The van der Waals surface area contributed by atoms with Gasteiger partial charge in [-0.2, -0.15) is 0 Å². The van der Waals surface area contributed by atoms with Crippen molar-refractivity contribution in [2.75, 3.05) is 4.90 Å². The lowest BCUT2D eigenvalue weighted by molar-refractivity contribution is 0.668. The molecule has 5 nitrogen and oxygen atoms in total. The van der Waals surface area contributed by atoms with Crippen molar-refractivity contribution < 1.29 is 8.83 Å². The Morgan fingerprint density at radius 2 is 1.05 bits per heavy atom. The molecule has 0 aliphatic rings. The van der Waals surface area contributed by atoms with E-state index >= 15 is 0 Å². The average Bonchev–Trinajstić information content (AvgIpc) is 3.76. The Bertz CT molecular complexity index is 2640. The highest BCUT2D eigenvalue weighted by molar-refractivity contribution is 7.26. The van der Waals surface area contributed by atoms with Crippen molar-refractivity contribution in [2.45, 2.75) is 0 Å². The molecule has 0 radical (unpaired) electrons. The second-order valence-corrected chi connectivity index (χ2v) is 12.1. The van der Waals surface area contributed by atoms with Gasteiger partial charge in [0.05, 0.1) is 5.69 Å². The Labute approximate surface area is 254 Å². The van der Waals surface area contributed by atoms with Crippen molar-refractivity contribution in [3.8, 4) is 0 Å². The maximum Gasteiger partial charge on any atom is 0.138 e. The van der Waals surface area contributed by atoms with Gasteiger partial charge in [0.25, 0.3) is 0 Å². The van der Waals surface area contributed by atoms with Gasteiger partial charge in [-0.15, -0.1) is 11.3 Å². The number of anilines is 3. The fourth-order valence-corrected chi connectivity index (χ4v) is 7.83. The van der Waals surface area contributed by atoms with E-state index < -0.39 is 0 Å². The molecular formula is C38H21N3O2S. The Kier molecular flexibility index (Phi) is 4.81. The first kappa shape index (κ1) is 23.8. The Morgan fingerprint density at radius 1 is 0.477 bits per heavy atom. The molecule has 10 aromatic rings. The summed E-state index contributed by atoms with van der Waals surface area (Å²) in [6, 6.07) is 36.4. The first-order valence-electron chi connectivity index (χ1n) is 14.5. The van der Waals surface area contributed by atoms with E-state index in [0.29, 0.717) is 0 Å². The molecule has 0 N–H and O–H groups in total. The second-order valence-electron chi connectivity index (χ2n) is 11.1. The molecular weight excluding hydrogens is 563 g/mol. The standard InChI is InChI=1S/C38H21N3O2S/c1-2-6-25-24(5-1)31(19-37-38(25)26-7-3-4-8-36(26)44-37)41(22-9-11-32-27(17-22)29-20-39-15-13-34(29)42-32)23-10-12-33-28(18-23)30-21-40-16-14-35(30)43-33/h1-21H. The first-order valence-corrected chi connectivity index (χ1v) is 15.3. The van der Waals surface area contributed by atoms with Crippen LogP contribution in [-0.2, 0) is 0 Å². The number of furan rings is 2. The van der Waals surface area contributed by atoms with Crippen LogP contribution in [0, 0.1) is 0 Å². The maximum atomic E-state index is 6.18. The molecule has 206 valence electrons. The van der Waals surface area contributed by atoms with Crippen LogP contribution in [0.1, 0.15) is 0 Å². The maximum absolute atomic E-state index is 6.18. The van der Waals surface area contributed by atoms with Crippen LogP contribution < -0.4 is 4.90 Å². The van der Waals surface area contributed by atoms with Gasteiger partial charge in [0.2, 0.25) is 0 Å². The molecule has 0 saturated carbocycles. The molecule has 0 aliphatic heterocycles. The monoisotopic (exact) mass is 583 g/mol. The van der Waals surface area contributed by atoms with Crippen molar-refractivity contribution in [3.05, 3.63) is 128 Å². The van der Waals surface area contributed by atoms with E-state index in [9.17, 15) is 0 Å². The SMILES string of the molecule is c1ccc2c(c1)sc1cc(N(c3ccc4oc5ccncc5c4c3)c3ccc4oc5ccncc5c4c3)c3ccccc3c12. The molecule has 5 aromatic carbocycles.